The molecule has 0 spiro atoms. The summed E-state index contributed by atoms with van der Waals surface area (Å²) < 4.78 is 44.0. The number of rotatable bonds is 11. The van der Waals surface area contributed by atoms with Gasteiger partial charge in [-0.3, -0.25) is 4.79 Å². The molecule has 0 aliphatic carbocycles. The van der Waals surface area contributed by atoms with Crippen LogP contribution in [0.15, 0.2) is 90.3 Å². The van der Waals surface area contributed by atoms with Crippen LogP contribution in [0.2, 0.25) is 5.02 Å². The normalized spacial score (nSPS) is 19.3. The van der Waals surface area contributed by atoms with Crippen molar-refractivity contribution in [3.8, 4) is 0 Å². The molecular formula is C33H39ClFN3O3S. The van der Waals surface area contributed by atoms with Gasteiger partial charge < -0.3 is 10.6 Å². The minimum Gasteiger partial charge on any atom is -0.325 e. The van der Waals surface area contributed by atoms with Gasteiger partial charge in [-0.25, -0.2) is 12.8 Å². The van der Waals surface area contributed by atoms with Crippen LogP contribution in [0.5, 0.6) is 0 Å². The van der Waals surface area contributed by atoms with E-state index in [0.717, 1.165) is 5.56 Å². The fourth-order valence-corrected chi connectivity index (χ4v) is 7.93. The highest BCUT2D eigenvalue weighted by Crippen LogP contribution is 2.35. The van der Waals surface area contributed by atoms with Crippen LogP contribution < -0.4 is 10.6 Å². The van der Waals surface area contributed by atoms with Crippen LogP contribution in [0.4, 0.5) is 10.1 Å². The maximum absolute atomic E-state index is 15.3. The van der Waals surface area contributed by atoms with E-state index in [1.165, 1.54) is 6.07 Å². The third kappa shape index (κ3) is 7.11. The number of halogens is 2. The predicted octanol–water partition coefficient (Wildman–Crippen LogP) is 6.64. The number of nitrogens with one attached hydrogen (secondary N) is 2. The third-order valence-electron chi connectivity index (χ3n) is 7.95. The molecule has 42 heavy (non-hydrogen) atoms. The summed E-state index contributed by atoms with van der Waals surface area (Å²) in [4.78, 5) is 13.9. The first kappa shape index (κ1) is 31.9. The lowest BCUT2D eigenvalue weighted by Gasteiger charge is -2.40. The Morgan fingerprint density at radius 1 is 1.10 bits per heavy atom. The van der Waals surface area contributed by atoms with Crippen molar-refractivity contribution in [2.75, 3.05) is 18.4 Å². The molecule has 1 aliphatic rings. The second-order valence-corrected chi connectivity index (χ2v) is 13.5. The van der Waals surface area contributed by atoms with Crippen LogP contribution >= 0.6 is 11.6 Å². The summed E-state index contributed by atoms with van der Waals surface area (Å²) in [6, 6.07) is 19.8. The summed E-state index contributed by atoms with van der Waals surface area (Å²) in [5.41, 5.74) is 1.68. The van der Waals surface area contributed by atoms with Crippen LogP contribution in [0.25, 0.3) is 0 Å². The first-order chi connectivity index (χ1) is 20.0. The molecule has 0 bridgehead atoms. The topological polar surface area (TPSA) is 78.5 Å². The van der Waals surface area contributed by atoms with Crippen LogP contribution in [0, 0.1) is 17.7 Å². The zero-order chi connectivity index (χ0) is 30.4. The van der Waals surface area contributed by atoms with Gasteiger partial charge in [-0.1, -0.05) is 67.9 Å². The average Bonchev–Trinajstić information content (AvgIpc) is 2.96. The Balaban J connectivity index is 1.56. The smallest absolute Gasteiger partial charge is 0.243 e. The van der Waals surface area contributed by atoms with Crippen LogP contribution in [0.1, 0.15) is 44.2 Å². The molecule has 1 saturated heterocycles. The van der Waals surface area contributed by atoms with Crippen molar-refractivity contribution in [2.45, 2.75) is 56.5 Å². The number of hydrogen-bond acceptors (Lipinski definition) is 4. The highest BCUT2D eigenvalue weighted by molar-refractivity contribution is 7.89. The van der Waals surface area contributed by atoms with Gasteiger partial charge in [0.15, 0.2) is 0 Å². The van der Waals surface area contributed by atoms with Crippen molar-refractivity contribution in [3.05, 3.63) is 107 Å². The Morgan fingerprint density at radius 2 is 1.79 bits per heavy atom. The van der Waals surface area contributed by atoms with E-state index in [-0.39, 0.29) is 35.1 Å². The van der Waals surface area contributed by atoms with Gasteiger partial charge in [0.25, 0.3) is 0 Å². The van der Waals surface area contributed by atoms with E-state index in [1.807, 2.05) is 32.9 Å². The Morgan fingerprint density at radius 3 is 2.43 bits per heavy atom. The summed E-state index contributed by atoms with van der Waals surface area (Å²) in [6.45, 7) is 10.9. The van der Waals surface area contributed by atoms with Gasteiger partial charge in [-0.2, -0.15) is 4.31 Å². The van der Waals surface area contributed by atoms with Crippen molar-refractivity contribution in [2.24, 2.45) is 11.8 Å². The fourth-order valence-electron chi connectivity index (χ4n) is 5.94. The number of piperazine rings is 1. The van der Waals surface area contributed by atoms with Gasteiger partial charge in [0.05, 0.1) is 10.8 Å². The molecule has 4 atom stereocenters. The predicted molar refractivity (Wildman–Crippen MR) is 168 cm³/mol. The van der Waals surface area contributed by atoms with E-state index in [4.69, 9.17) is 11.6 Å². The number of benzene rings is 3. The van der Waals surface area contributed by atoms with E-state index in [9.17, 15) is 13.2 Å². The van der Waals surface area contributed by atoms with E-state index < -0.39 is 27.8 Å². The second kappa shape index (κ2) is 14.0. The maximum Gasteiger partial charge on any atom is 0.243 e. The quantitative estimate of drug-likeness (QED) is 0.238. The second-order valence-electron chi connectivity index (χ2n) is 11.2. The van der Waals surface area contributed by atoms with Crippen molar-refractivity contribution < 1.29 is 17.6 Å². The molecule has 0 radical (unpaired) electrons. The van der Waals surface area contributed by atoms with Gasteiger partial charge in [-0.15, -0.1) is 6.58 Å². The minimum atomic E-state index is -3.75. The monoisotopic (exact) mass is 611 g/mol. The molecule has 9 heteroatoms. The lowest BCUT2D eigenvalue weighted by molar-refractivity contribution is -0.119. The first-order valence-corrected chi connectivity index (χ1v) is 16.1. The summed E-state index contributed by atoms with van der Waals surface area (Å²) in [5.74, 6) is -1.35. The van der Waals surface area contributed by atoms with E-state index in [0.29, 0.717) is 35.8 Å². The SMILES string of the molecule is C=CC(C(=O)Nc1cccc(F)c1CCC1CNCC(C)N1S(=O)(=O)c1ccccc1)C(c1ccc(Cl)cc1)C(C)C. The standard InChI is InChI=1S/C33H39ClFN3O3S/c1-5-28(32(22(2)3)24-14-16-25(34)17-15-24)33(39)37-31-13-9-12-30(35)29(31)19-18-26-21-36-20-23(4)38(26)42(40,41)27-10-7-6-8-11-27/h5-17,22-23,26,28,32,36H,1,18-21H2,2-4H3,(H,37,39). The van der Waals surface area contributed by atoms with E-state index in [2.05, 4.69) is 17.2 Å². The van der Waals surface area contributed by atoms with Crippen LogP contribution in [0.3, 0.4) is 0 Å². The van der Waals surface area contributed by atoms with Gasteiger partial charge in [0, 0.05) is 47.4 Å². The zero-order valence-corrected chi connectivity index (χ0v) is 25.8. The zero-order valence-electron chi connectivity index (χ0n) is 24.3. The fraction of sp³-hybridized carbons (Fsp3) is 0.364. The molecule has 1 amide bonds. The Labute approximate surface area is 254 Å². The van der Waals surface area contributed by atoms with Crippen molar-refractivity contribution in [1.29, 1.82) is 0 Å². The van der Waals surface area contributed by atoms with Crippen molar-refractivity contribution in [1.82, 2.24) is 9.62 Å². The largest absolute Gasteiger partial charge is 0.325 e. The molecule has 224 valence electrons. The number of anilines is 1. The number of hydrogen-bond donors (Lipinski definition) is 2. The van der Waals surface area contributed by atoms with Gasteiger partial charge in [0.1, 0.15) is 5.82 Å². The number of carbonyl (C=O) groups is 1. The van der Waals surface area contributed by atoms with Gasteiger partial charge >= 0.3 is 0 Å². The van der Waals surface area contributed by atoms with Crippen molar-refractivity contribution >= 4 is 33.2 Å². The molecule has 3 aromatic carbocycles. The molecule has 1 fully saturated rings. The minimum absolute atomic E-state index is 0.116. The maximum atomic E-state index is 15.3. The Kier molecular flexibility index (Phi) is 10.6. The Hall–Kier alpha value is -3.04. The third-order valence-corrected chi connectivity index (χ3v) is 10.3. The molecule has 3 aromatic rings. The lowest BCUT2D eigenvalue weighted by Crippen LogP contribution is -2.58. The highest BCUT2D eigenvalue weighted by atomic mass is 35.5. The number of amides is 1. The highest BCUT2D eigenvalue weighted by Gasteiger charge is 2.38. The van der Waals surface area contributed by atoms with Crippen molar-refractivity contribution in [3.63, 3.8) is 0 Å². The first-order valence-electron chi connectivity index (χ1n) is 14.3. The molecule has 4 unspecified atom stereocenters. The van der Waals surface area contributed by atoms with E-state index >= 15 is 4.39 Å². The summed E-state index contributed by atoms with van der Waals surface area (Å²) in [7, 11) is -3.75. The van der Waals surface area contributed by atoms with Crippen LogP contribution in [-0.4, -0.2) is 43.8 Å². The van der Waals surface area contributed by atoms with E-state index in [1.54, 1.807) is 65.0 Å². The summed E-state index contributed by atoms with van der Waals surface area (Å²) in [6.07, 6.45) is 2.25. The molecule has 0 aromatic heterocycles. The molecule has 6 nitrogen and oxygen atoms in total. The Bertz CT molecular complexity index is 1480. The van der Waals surface area contributed by atoms with Crippen LogP contribution in [-0.2, 0) is 21.2 Å². The molecule has 1 aliphatic heterocycles. The lowest BCUT2D eigenvalue weighted by atomic mass is 9.78. The molecule has 0 saturated carbocycles. The molecule has 4 rings (SSSR count). The number of carbonyl (C=O) groups excluding carboxylic acids is 1. The average molecular weight is 612 g/mol. The molecule has 2 N–H and O–H groups in total. The molecular weight excluding hydrogens is 573 g/mol. The number of nitrogens with zero attached hydrogens (tertiary/aromatic N) is 1. The summed E-state index contributed by atoms with van der Waals surface area (Å²) in [5, 5.41) is 6.88. The van der Waals surface area contributed by atoms with Gasteiger partial charge in [-0.05, 0) is 67.6 Å². The van der Waals surface area contributed by atoms with Gasteiger partial charge in [0.2, 0.25) is 15.9 Å². The molecule has 1 heterocycles. The summed E-state index contributed by atoms with van der Waals surface area (Å²) >= 11 is 6.10. The number of sulfonamides is 1.